The zero-order valence-corrected chi connectivity index (χ0v) is 15.4. The molecule has 7 nitrogen and oxygen atoms in total. The quantitative estimate of drug-likeness (QED) is 0.593. The SMILES string of the molecule is O=C(COC(=O)c1ccc(N2C(=O)CCC2=O)cc1)Nc1ccccc1C(F)(F)F. The summed E-state index contributed by atoms with van der Waals surface area (Å²) in [6.45, 7) is -0.796. The second kappa shape index (κ2) is 8.36. The van der Waals surface area contributed by atoms with Gasteiger partial charge in [-0.1, -0.05) is 12.1 Å². The number of nitrogens with one attached hydrogen (secondary N) is 1. The van der Waals surface area contributed by atoms with Crippen molar-refractivity contribution in [3.8, 4) is 0 Å². The standard InChI is InChI=1S/C20H15F3N2O5/c21-20(22,23)14-3-1-2-4-15(14)24-16(26)11-30-19(29)12-5-7-13(8-6-12)25-17(27)9-10-18(25)28/h1-8H,9-11H2,(H,24,26). The van der Waals surface area contributed by atoms with Crippen LogP contribution >= 0.6 is 0 Å². The van der Waals surface area contributed by atoms with Crippen LogP contribution in [-0.2, 0) is 25.3 Å². The summed E-state index contributed by atoms with van der Waals surface area (Å²) in [7, 11) is 0. The molecule has 0 unspecified atom stereocenters. The lowest BCUT2D eigenvalue weighted by molar-refractivity contribution is -0.137. The van der Waals surface area contributed by atoms with Crippen LogP contribution in [0.15, 0.2) is 48.5 Å². The molecule has 10 heteroatoms. The van der Waals surface area contributed by atoms with Gasteiger partial charge in [-0.15, -0.1) is 0 Å². The van der Waals surface area contributed by atoms with Crippen LogP contribution in [0.4, 0.5) is 24.5 Å². The van der Waals surface area contributed by atoms with Crippen molar-refractivity contribution in [2.24, 2.45) is 0 Å². The number of halogens is 3. The minimum absolute atomic E-state index is 0.0429. The molecule has 0 aliphatic carbocycles. The van der Waals surface area contributed by atoms with E-state index in [1.165, 1.54) is 36.4 Å². The average molecular weight is 420 g/mol. The molecular formula is C20H15F3N2O5. The molecule has 156 valence electrons. The van der Waals surface area contributed by atoms with Gasteiger partial charge >= 0.3 is 12.1 Å². The lowest BCUT2D eigenvalue weighted by Crippen LogP contribution is -2.28. The van der Waals surface area contributed by atoms with E-state index >= 15 is 0 Å². The fourth-order valence-electron chi connectivity index (χ4n) is 2.85. The van der Waals surface area contributed by atoms with Crippen molar-refractivity contribution in [1.82, 2.24) is 0 Å². The summed E-state index contributed by atoms with van der Waals surface area (Å²) in [5.41, 5.74) is -1.12. The van der Waals surface area contributed by atoms with E-state index in [2.05, 4.69) is 5.32 Å². The molecule has 3 rings (SSSR count). The van der Waals surface area contributed by atoms with Crippen molar-refractivity contribution in [2.45, 2.75) is 19.0 Å². The number of amides is 3. The summed E-state index contributed by atoms with van der Waals surface area (Å²) in [5, 5.41) is 2.06. The van der Waals surface area contributed by atoms with E-state index in [0.717, 1.165) is 17.0 Å². The average Bonchev–Trinajstić information content (AvgIpc) is 3.04. The van der Waals surface area contributed by atoms with Crippen LogP contribution in [0.25, 0.3) is 0 Å². The van der Waals surface area contributed by atoms with Gasteiger partial charge in [-0.25, -0.2) is 4.79 Å². The number of anilines is 2. The van der Waals surface area contributed by atoms with Gasteiger partial charge in [0.05, 0.1) is 22.5 Å². The number of esters is 1. The summed E-state index contributed by atoms with van der Waals surface area (Å²) in [4.78, 5) is 48.4. The predicted octanol–water partition coefficient (Wildman–Crippen LogP) is 3.15. The number of hydrogen-bond acceptors (Lipinski definition) is 5. The highest BCUT2D eigenvalue weighted by Crippen LogP contribution is 2.34. The molecule has 30 heavy (non-hydrogen) atoms. The van der Waals surface area contributed by atoms with E-state index in [9.17, 15) is 32.3 Å². The number of carbonyl (C=O) groups is 4. The van der Waals surface area contributed by atoms with Gasteiger partial charge in [0.15, 0.2) is 6.61 Å². The molecule has 2 aromatic rings. The van der Waals surface area contributed by atoms with Crippen LogP contribution in [-0.4, -0.2) is 30.3 Å². The van der Waals surface area contributed by atoms with E-state index in [4.69, 9.17) is 4.74 Å². The van der Waals surface area contributed by atoms with Crippen LogP contribution in [0.5, 0.6) is 0 Å². The van der Waals surface area contributed by atoms with Gasteiger partial charge in [-0.3, -0.25) is 19.3 Å². The number of nitrogens with zero attached hydrogens (tertiary/aromatic N) is 1. The van der Waals surface area contributed by atoms with Gasteiger partial charge in [-0.2, -0.15) is 13.2 Å². The smallest absolute Gasteiger partial charge is 0.418 e. The molecule has 1 N–H and O–H groups in total. The Kier molecular flexibility index (Phi) is 5.86. The molecule has 1 fully saturated rings. The Morgan fingerprint density at radius 1 is 0.967 bits per heavy atom. The van der Waals surface area contributed by atoms with Crippen LogP contribution in [0, 0.1) is 0 Å². The van der Waals surface area contributed by atoms with Crippen molar-refractivity contribution in [2.75, 3.05) is 16.8 Å². The first-order chi connectivity index (χ1) is 14.2. The largest absolute Gasteiger partial charge is 0.452 e. The predicted molar refractivity (Wildman–Crippen MR) is 98.5 cm³/mol. The summed E-state index contributed by atoms with van der Waals surface area (Å²) in [5.74, 6) is -2.51. The Morgan fingerprint density at radius 3 is 2.17 bits per heavy atom. The highest BCUT2D eigenvalue weighted by Gasteiger charge is 2.33. The topological polar surface area (TPSA) is 92.8 Å². The molecule has 1 saturated heterocycles. The molecule has 0 bridgehead atoms. The number of alkyl halides is 3. The van der Waals surface area contributed by atoms with Crippen LogP contribution in [0.2, 0.25) is 0 Å². The summed E-state index contributed by atoms with van der Waals surface area (Å²) in [6.07, 6.45) is -4.41. The van der Waals surface area contributed by atoms with Crippen molar-refractivity contribution in [3.63, 3.8) is 0 Å². The molecule has 1 aliphatic rings. The van der Waals surface area contributed by atoms with Gasteiger partial charge in [-0.05, 0) is 36.4 Å². The first kappa shape index (κ1) is 21.0. The van der Waals surface area contributed by atoms with E-state index in [1.54, 1.807) is 0 Å². The van der Waals surface area contributed by atoms with Gasteiger partial charge in [0.2, 0.25) is 11.8 Å². The fraction of sp³-hybridized carbons (Fsp3) is 0.200. The van der Waals surface area contributed by atoms with Crippen molar-refractivity contribution in [1.29, 1.82) is 0 Å². The lowest BCUT2D eigenvalue weighted by atomic mass is 10.1. The number of benzene rings is 2. The number of hydrogen-bond donors (Lipinski definition) is 1. The van der Waals surface area contributed by atoms with Gasteiger partial charge < -0.3 is 10.1 Å². The number of para-hydroxylation sites is 1. The molecule has 0 saturated carbocycles. The third-order valence-corrected chi connectivity index (χ3v) is 4.25. The normalized spacial score (nSPS) is 14.0. The fourth-order valence-corrected chi connectivity index (χ4v) is 2.85. The highest BCUT2D eigenvalue weighted by molar-refractivity contribution is 6.19. The van der Waals surface area contributed by atoms with Crippen molar-refractivity contribution in [3.05, 3.63) is 59.7 Å². The zero-order chi connectivity index (χ0) is 21.9. The lowest BCUT2D eigenvalue weighted by Gasteiger charge is -2.14. The van der Waals surface area contributed by atoms with Crippen molar-refractivity contribution >= 4 is 35.1 Å². The van der Waals surface area contributed by atoms with Crippen LogP contribution in [0.3, 0.4) is 0 Å². The van der Waals surface area contributed by atoms with E-state index < -0.39 is 35.9 Å². The monoisotopic (exact) mass is 420 g/mol. The third-order valence-electron chi connectivity index (χ3n) is 4.25. The molecule has 0 spiro atoms. The molecule has 3 amide bonds. The first-order valence-corrected chi connectivity index (χ1v) is 8.76. The second-order valence-corrected chi connectivity index (χ2v) is 6.34. The highest BCUT2D eigenvalue weighted by atomic mass is 19.4. The first-order valence-electron chi connectivity index (χ1n) is 8.76. The van der Waals surface area contributed by atoms with E-state index in [0.29, 0.717) is 5.69 Å². The maximum Gasteiger partial charge on any atom is 0.418 e. The Bertz CT molecular complexity index is 986. The molecule has 2 aromatic carbocycles. The van der Waals surface area contributed by atoms with Gasteiger partial charge in [0.25, 0.3) is 5.91 Å². The Morgan fingerprint density at radius 2 is 1.57 bits per heavy atom. The summed E-state index contributed by atoms with van der Waals surface area (Å²) >= 11 is 0. The zero-order valence-electron chi connectivity index (χ0n) is 15.4. The molecule has 0 aromatic heterocycles. The number of imide groups is 1. The molecule has 1 heterocycles. The maximum atomic E-state index is 12.9. The molecule has 0 atom stereocenters. The third kappa shape index (κ3) is 4.65. The second-order valence-electron chi connectivity index (χ2n) is 6.34. The minimum Gasteiger partial charge on any atom is -0.452 e. The number of rotatable bonds is 5. The maximum absolute atomic E-state index is 12.9. The summed E-state index contributed by atoms with van der Waals surface area (Å²) in [6, 6.07) is 9.82. The molecule has 0 radical (unpaired) electrons. The minimum atomic E-state index is -4.65. The van der Waals surface area contributed by atoms with E-state index in [1.807, 2.05) is 0 Å². The van der Waals surface area contributed by atoms with Crippen LogP contribution in [0.1, 0.15) is 28.8 Å². The molecule has 1 aliphatic heterocycles. The van der Waals surface area contributed by atoms with E-state index in [-0.39, 0.29) is 30.2 Å². The number of ether oxygens (including phenoxy) is 1. The Balaban J connectivity index is 1.59. The Labute approximate surface area is 168 Å². The van der Waals surface area contributed by atoms with Crippen LogP contribution < -0.4 is 10.2 Å². The Hall–Kier alpha value is -3.69. The van der Waals surface area contributed by atoms with Crippen molar-refractivity contribution < 1.29 is 37.1 Å². The molecular weight excluding hydrogens is 405 g/mol. The summed E-state index contributed by atoms with van der Waals surface area (Å²) < 4.78 is 43.7. The van der Waals surface area contributed by atoms with Gasteiger partial charge in [0.1, 0.15) is 0 Å². The number of carbonyl (C=O) groups excluding carboxylic acids is 4. The van der Waals surface area contributed by atoms with Gasteiger partial charge in [0, 0.05) is 12.8 Å².